The predicted molar refractivity (Wildman–Crippen MR) is 31.0 cm³/mol. The Kier molecular flexibility index (Phi) is 3.84. The van der Waals surface area contributed by atoms with E-state index in [-0.39, 0.29) is 12.5 Å². The van der Waals surface area contributed by atoms with Crippen LogP contribution < -0.4 is 0 Å². The third-order valence-corrected chi connectivity index (χ3v) is 0.546. The number of nitrogens with zero attached hydrogens (tertiary/aromatic N) is 1. The van der Waals surface area contributed by atoms with Gasteiger partial charge in [0.05, 0.1) is 6.61 Å². The predicted octanol–water partition coefficient (Wildman–Crippen LogP) is 0.250. The van der Waals surface area contributed by atoms with Gasteiger partial charge in [-0.1, -0.05) is 0 Å². The lowest BCUT2D eigenvalue weighted by atomic mass is 10.7. The van der Waals surface area contributed by atoms with Crippen molar-refractivity contribution in [3.05, 3.63) is 0 Å². The highest BCUT2D eigenvalue weighted by Gasteiger charge is 1.94. The molecule has 0 aromatic carbocycles. The lowest BCUT2D eigenvalue weighted by Gasteiger charge is -1.94. The van der Waals surface area contributed by atoms with Crippen LogP contribution in [0.3, 0.4) is 0 Å². The highest BCUT2D eigenvalue weighted by Crippen LogP contribution is 1.76. The van der Waals surface area contributed by atoms with Crippen molar-refractivity contribution in [3.63, 3.8) is 0 Å². The van der Waals surface area contributed by atoms with Gasteiger partial charge in [-0.05, 0) is 13.6 Å². The summed E-state index contributed by atoms with van der Waals surface area (Å²) in [7, 11) is 0. The second-order valence-corrected chi connectivity index (χ2v) is 1.19. The lowest BCUT2D eigenvalue weighted by molar-refractivity contribution is -0.141. The highest BCUT2D eigenvalue weighted by atomic mass is 16.5. The summed E-state index contributed by atoms with van der Waals surface area (Å²) in [5.41, 5.74) is 0. The molecule has 0 N–H and O–H groups in total. The zero-order valence-electron chi connectivity index (χ0n) is 4.89. The average molecular weight is 115 g/mol. The molecule has 0 aliphatic rings. The minimum absolute atomic E-state index is 0.0633. The molecule has 0 heterocycles. The van der Waals surface area contributed by atoms with E-state index in [1.165, 1.54) is 0 Å². The molecule has 0 aromatic rings. The van der Waals surface area contributed by atoms with E-state index in [9.17, 15) is 4.79 Å². The number of esters is 1. The molecule has 0 aromatic heterocycles. The third kappa shape index (κ3) is 3.33. The summed E-state index contributed by atoms with van der Waals surface area (Å²) in [6.45, 7) is 5.36. The molecule has 0 atom stereocenters. The molecule has 3 nitrogen and oxygen atoms in total. The molecule has 0 radical (unpaired) electrons. The molecule has 0 saturated carbocycles. The average Bonchev–Trinajstić information content (AvgIpc) is 1.68. The third-order valence-electron chi connectivity index (χ3n) is 0.546. The van der Waals surface area contributed by atoms with E-state index < -0.39 is 0 Å². The quantitative estimate of drug-likeness (QED) is 0.390. The lowest BCUT2D eigenvalue weighted by Crippen LogP contribution is -2.06. The molecule has 3 heteroatoms. The standard InChI is InChI=1S/C5H9NO2/c1-3-8-5(7)4-6-2/h2-4H2,1H3. The molecule has 0 aliphatic heterocycles. The van der Waals surface area contributed by atoms with Crippen LogP contribution in [0.2, 0.25) is 0 Å². The van der Waals surface area contributed by atoms with Crippen molar-refractivity contribution in [3.8, 4) is 0 Å². The van der Waals surface area contributed by atoms with E-state index in [2.05, 4.69) is 16.4 Å². The first-order chi connectivity index (χ1) is 3.81. The van der Waals surface area contributed by atoms with Crippen LogP contribution in [0.5, 0.6) is 0 Å². The largest absolute Gasteiger partial charge is 0.465 e. The van der Waals surface area contributed by atoms with E-state index in [0.717, 1.165) is 0 Å². The minimum atomic E-state index is -0.317. The summed E-state index contributed by atoms with van der Waals surface area (Å²) in [5.74, 6) is -0.317. The molecule has 0 amide bonds. The first-order valence-electron chi connectivity index (χ1n) is 2.39. The number of carbonyl (C=O) groups is 1. The van der Waals surface area contributed by atoms with Crippen LogP contribution in [0.15, 0.2) is 4.99 Å². The summed E-state index contributed by atoms with van der Waals surface area (Å²) in [5, 5.41) is 0. The molecule has 0 spiro atoms. The van der Waals surface area contributed by atoms with Crippen LogP contribution in [0.25, 0.3) is 0 Å². The van der Waals surface area contributed by atoms with Crippen LogP contribution in [0.4, 0.5) is 0 Å². The molecule has 0 saturated heterocycles. The SMILES string of the molecule is C=NCC(=O)OCC. The van der Waals surface area contributed by atoms with Crippen LogP contribution in [-0.4, -0.2) is 25.8 Å². The molecule has 0 aliphatic carbocycles. The van der Waals surface area contributed by atoms with Crippen molar-refractivity contribution >= 4 is 12.7 Å². The fourth-order valence-electron chi connectivity index (χ4n) is 0.298. The number of ether oxygens (including phenoxy) is 1. The Hall–Kier alpha value is -0.860. The number of hydrogen-bond donors (Lipinski definition) is 0. The van der Waals surface area contributed by atoms with E-state index >= 15 is 0 Å². The van der Waals surface area contributed by atoms with Gasteiger partial charge in [0, 0.05) is 0 Å². The molecule has 46 valence electrons. The first-order valence-corrected chi connectivity index (χ1v) is 2.39. The maximum Gasteiger partial charge on any atom is 0.327 e. The topological polar surface area (TPSA) is 38.7 Å². The minimum Gasteiger partial charge on any atom is -0.465 e. The van der Waals surface area contributed by atoms with Crippen LogP contribution in [0.1, 0.15) is 6.92 Å². The zero-order chi connectivity index (χ0) is 6.41. The molecule has 0 unspecified atom stereocenters. The molecular weight excluding hydrogens is 106 g/mol. The smallest absolute Gasteiger partial charge is 0.327 e. The Labute approximate surface area is 48.4 Å². The van der Waals surface area contributed by atoms with E-state index in [0.29, 0.717) is 6.61 Å². The van der Waals surface area contributed by atoms with Gasteiger partial charge in [-0.2, -0.15) is 0 Å². The van der Waals surface area contributed by atoms with Crippen molar-refractivity contribution in [1.82, 2.24) is 0 Å². The van der Waals surface area contributed by atoms with Gasteiger partial charge >= 0.3 is 5.97 Å². The maximum absolute atomic E-state index is 10.3. The molecular formula is C5H9NO2. The number of aliphatic imine (C=N–C) groups is 1. The Morgan fingerprint density at radius 1 is 1.88 bits per heavy atom. The van der Waals surface area contributed by atoms with E-state index in [4.69, 9.17) is 0 Å². The number of carbonyl (C=O) groups excluding carboxylic acids is 1. The van der Waals surface area contributed by atoms with Crippen LogP contribution >= 0.6 is 0 Å². The van der Waals surface area contributed by atoms with Gasteiger partial charge in [0.1, 0.15) is 6.54 Å². The van der Waals surface area contributed by atoms with Gasteiger partial charge in [-0.15, -0.1) is 0 Å². The first kappa shape index (κ1) is 7.14. The molecule has 8 heavy (non-hydrogen) atoms. The van der Waals surface area contributed by atoms with Crippen molar-refractivity contribution in [2.75, 3.05) is 13.2 Å². The van der Waals surface area contributed by atoms with Crippen molar-refractivity contribution in [1.29, 1.82) is 0 Å². The number of hydrogen-bond acceptors (Lipinski definition) is 3. The summed E-state index contributed by atoms with van der Waals surface area (Å²) in [6, 6.07) is 0. The van der Waals surface area contributed by atoms with Gasteiger partial charge in [0.25, 0.3) is 0 Å². The molecule has 0 bridgehead atoms. The normalized spacial score (nSPS) is 8.12. The van der Waals surface area contributed by atoms with Crippen molar-refractivity contribution in [2.45, 2.75) is 6.92 Å². The fraction of sp³-hybridized carbons (Fsp3) is 0.600. The van der Waals surface area contributed by atoms with Crippen molar-refractivity contribution < 1.29 is 9.53 Å². The van der Waals surface area contributed by atoms with Gasteiger partial charge in [-0.25, -0.2) is 0 Å². The second-order valence-electron chi connectivity index (χ2n) is 1.19. The zero-order valence-corrected chi connectivity index (χ0v) is 4.89. The molecule has 0 fully saturated rings. The second kappa shape index (κ2) is 4.30. The summed E-state index contributed by atoms with van der Waals surface area (Å²) >= 11 is 0. The number of rotatable bonds is 3. The van der Waals surface area contributed by atoms with Gasteiger partial charge in [0.15, 0.2) is 0 Å². The maximum atomic E-state index is 10.3. The Morgan fingerprint density at radius 3 is 2.88 bits per heavy atom. The summed E-state index contributed by atoms with van der Waals surface area (Å²) < 4.78 is 4.51. The fourth-order valence-corrected chi connectivity index (χ4v) is 0.298. The Balaban J connectivity index is 3.18. The van der Waals surface area contributed by atoms with Crippen LogP contribution in [-0.2, 0) is 9.53 Å². The van der Waals surface area contributed by atoms with Gasteiger partial charge in [0.2, 0.25) is 0 Å². The van der Waals surface area contributed by atoms with Gasteiger partial charge < -0.3 is 4.74 Å². The summed E-state index contributed by atoms with van der Waals surface area (Å²) in [4.78, 5) is 13.6. The monoisotopic (exact) mass is 115 g/mol. The molecule has 0 rings (SSSR count). The highest BCUT2D eigenvalue weighted by molar-refractivity contribution is 5.72. The van der Waals surface area contributed by atoms with Gasteiger partial charge in [-0.3, -0.25) is 9.79 Å². The van der Waals surface area contributed by atoms with E-state index in [1.807, 2.05) is 0 Å². The Bertz CT molecular complexity index is 90.4. The Morgan fingerprint density at radius 2 is 2.50 bits per heavy atom. The van der Waals surface area contributed by atoms with Crippen LogP contribution in [0, 0.1) is 0 Å². The van der Waals surface area contributed by atoms with E-state index in [1.54, 1.807) is 6.92 Å². The summed E-state index contributed by atoms with van der Waals surface area (Å²) in [6.07, 6.45) is 0. The van der Waals surface area contributed by atoms with Crippen molar-refractivity contribution in [2.24, 2.45) is 4.99 Å².